The van der Waals surface area contributed by atoms with Crippen molar-refractivity contribution in [3.8, 4) is 0 Å². The van der Waals surface area contributed by atoms with Gasteiger partial charge in [-0.25, -0.2) is 4.39 Å². The van der Waals surface area contributed by atoms with E-state index in [1.54, 1.807) is 5.32 Å². The van der Waals surface area contributed by atoms with Crippen molar-refractivity contribution < 1.29 is 27.5 Å². The van der Waals surface area contributed by atoms with Crippen LogP contribution in [0.3, 0.4) is 0 Å². The molecule has 1 aromatic heterocycles. The van der Waals surface area contributed by atoms with Gasteiger partial charge in [0.1, 0.15) is 0 Å². The Labute approximate surface area is 93.3 Å². The highest BCUT2D eigenvalue weighted by Crippen LogP contribution is 2.19. The Kier molecular flexibility index (Phi) is 4.00. The van der Waals surface area contributed by atoms with Crippen molar-refractivity contribution in [1.82, 2.24) is 10.3 Å². The van der Waals surface area contributed by atoms with Crippen molar-refractivity contribution in [3.05, 3.63) is 29.8 Å². The molecule has 1 aromatic rings. The van der Waals surface area contributed by atoms with E-state index in [2.05, 4.69) is 4.98 Å². The van der Waals surface area contributed by atoms with Crippen LogP contribution in [0.1, 0.15) is 10.4 Å². The van der Waals surface area contributed by atoms with E-state index < -0.39 is 36.1 Å². The summed E-state index contributed by atoms with van der Waals surface area (Å²) in [5.41, 5.74) is -0.436. The highest BCUT2D eigenvalue weighted by atomic mass is 19.4. The van der Waals surface area contributed by atoms with Gasteiger partial charge in [0, 0.05) is 6.20 Å². The van der Waals surface area contributed by atoms with Gasteiger partial charge in [-0.2, -0.15) is 13.2 Å². The summed E-state index contributed by atoms with van der Waals surface area (Å²) in [7, 11) is 0. The van der Waals surface area contributed by atoms with Crippen LogP contribution >= 0.6 is 0 Å². The second-order valence-corrected chi connectivity index (χ2v) is 3.12. The fourth-order valence-electron chi connectivity index (χ4n) is 0.960. The minimum absolute atomic E-state index is 0.436. The smallest absolute Gasteiger partial charge is 0.382 e. The second-order valence-electron chi connectivity index (χ2n) is 3.12. The molecule has 94 valence electrons. The Balaban J connectivity index is 2.60. The summed E-state index contributed by atoms with van der Waals surface area (Å²) < 4.78 is 48.7. The largest absolute Gasteiger partial charge is 0.416 e. The van der Waals surface area contributed by atoms with E-state index >= 15 is 0 Å². The first kappa shape index (κ1) is 13.4. The van der Waals surface area contributed by atoms with Gasteiger partial charge >= 0.3 is 6.18 Å². The number of carbonyl (C=O) groups is 1. The van der Waals surface area contributed by atoms with Crippen molar-refractivity contribution in [2.24, 2.45) is 0 Å². The molecule has 0 saturated carbocycles. The summed E-state index contributed by atoms with van der Waals surface area (Å²) in [6.45, 7) is -1.04. The first-order chi connectivity index (χ1) is 7.82. The number of amides is 1. The Morgan fingerprint density at radius 1 is 1.53 bits per heavy atom. The lowest BCUT2D eigenvalue weighted by Crippen LogP contribution is -2.40. The highest BCUT2D eigenvalue weighted by molar-refractivity contribution is 5.94. The fraction of sp³-hybridized carbons (Fsp3) is 0.333. The molecule has 0 aliphatic rings. The lowest BCUT2D eigenvalue weighted by Gasteiger charge is -2.14. The van der Waals surface area contributed by atoms with Crippen LogP contribution in [0, 0.1) is 5.82 Å². The quantitative estimate of drug-likeness (QED) is 0.785. The maximum absolute atomic E-state index is 13.0. The summed E-state index contributed by atoms with van der Waals surface area (Å²) in [5, 5.41) is 10.4. The standard InChI is InChI=1S/C9H8F4N2O2/c10-6-3-14-2-1-5(6)8(17)15-4-7(16)9(11,12)13/h1-3,7,16H,4H2,(H,15,17)/t7-/m1/s1. The lowest BCUT2D eigenvalue weighted by atomic mass is 10.2. The van der Waals surface area contributed by atoms with E-state index in [1.807, 2.05) is 0 Å². The number of pyridine rings is 1. The first-order valence-electron chi connectivity index (χ1n) is 4.45. The predicted molar refractivity (Wildman–Crippen MR) is 48.6 cm³/mol. The molecule has 8 heteroatoms. The number of alkyl halides is 3. The molecule has 0 aliphatic carbocycles. The normalized spacial score (nSPS) is 13.2. The third-order valence-corrected chi connectivity index (χ3v) is 1.85. The minimum atomic E-state index is -4.83. The molecule has 1 amide bonds. The van der Waals surface area contributed by atoms with Gasteiger partial charge in [0.15, 0.2) is 11.9 Å². The SMILES string of the molecule is O=C(NC[C@@H](O)C(F)(F)F)c1ccncc1F. The number of rotatable bonds is 3. The number of aliphatic hydroxyl groups excluding tert-OH is 1. The number of nitrogens with one attached hydrogen (secondary N) is 1. The zero-order valence-corrected chi connectivity index (χ0v) is 8.33. The van der Waals surface area contributed by atoms with Gasteiger partial charge in [-0.15, -0.1) is 0 Å². The molecule has 0 radical (unpaired) electrons. The third kappa shape index (κ3) is 3.66. The molecule has 1 heterocycles. The zero-order valence-electron chi connectivity index (χ0n) is 8.33. The number of aromatic nitrogens is 1. The second kappa shape index (κ2) is 5.09. The summed E-state index contributed by atoms with van der Waals surface area (Å²) >= 11 is 0. The van der Waals surface area contributed by atoms with Crippen LogP contribution < -0.4 is 5.32 Å². The molecule has 0 aromatic carbocycles. The first-order valence-corrected chi connectivity index (χ1v) is 4.45. The van der Waals surface area contributed by atoms with Gasteiger partial charge in [-0.1, -0.05) is 0 Å². The number of nitrogens with zero attached hydrogens (tertiary/aromatic N) is 1. The molecule has 0 unspecified atom stereocenters. The van der Waals surface area contributed by atoms with E-state index in [0.29, 0.717) is 0 Å². The average molecular weight is 252 g/mol. The molecule has 1 atom stereocenters. The summed E-state index contributed by atoms with van der Waals surface area (Å²) in [5.74, 6) is -2.00. The molecule has 2 N–H and O–H groups in total. The maximum Gasteiger partial charge on any atom is 0.416 e. The average Bonchev–Trinajstić information content (AvgIpc) is 2.24. The van der Waals surface area contributed by atoms with E-state index in [-0.39, 0.29) is 0 Å². The number of hydrogen-bond donors (Lipinski definition) is 2. The third-order valence-electron chi connectivity index (χ3n) is 1.85. The molecule has 0 fully saturated rings. The van der Waals surface area contributed by atoms with E-state index in [4.69, 9.17) is 5.11 Å². The van der Waals surface area contributed by atoms with Crippen molar-refractivity contribution in [1.29, 1.82) is 0 Å². The number of carbonyl (C=O) groups excluding carboxylic acids is 1. The number of halogens is 4. The molecule has 0 saturated heterocycles. The van der Waals surface area contributed by atoms with E-state index in [1.165, 1.54) is 0 Å². The summed E-state index contributed by atoms with van der Waals surface area (Å²) in [6.07, 6.45) is -5.63. The van der Waals surface area contributed by atoms with Crippen molar-refractivity contribution in [3.63, 3.8) is 0 Å². The van der Waals surface area contributed by atoms with Crippen molar-refractivity contribution in [2.45, 2.75) is 12.3 Å². The molecule has 0 bridgehead atoms. The topological polar surface area (TPSA) is 62.2 Å². The van der Waals surface area contributed by atoms with Gasteiger partial charge in [0.25, 0.3) is 5.91 Å². The van der Waals surface area contributed by atoms with Crippen LogP contribution in [0.4, 0.5) is 17.6 Å². The lowest BCUT2D eigenvalue weighted by molar-refractivity contribution is -0.201. The van der Waals surface area contributed by atoms with Crippen LogP contribution in [-0.4, -0.2) is 34.8 Å². The molecular weight excluding hydrogens is 244 g/mol. The molecular formula is C9H8F4N2O2. The number of hydrogen-bond acceptors (Lipinski definition) is 3. The molecule has 0 spiro atoms. The Morgan fingerprint density at radius 2 is 2.18 bits per heavy atom. The van der Waals surface area contributed by atoms with Crippen LogP contribution in [0.25, 0.3) is 0 Å². The minimum Gasteiger partial charge on any atom is -0.382 e. The summed E-state index contributed by atoms with van der Waals surface area (Å²) in [6, 6.07) is 1.02. The maximum atomic E-state index is 13.0. The van der Waals surface area contributed by atoms with Gasteiger partial charge in [-0.05, 0) is 6.07 Å². The van der Waals surface area contributed by atoms with Crippen LogP contribution in [0.2, 0.25) is 0 Å². The number of aliphatic hydroxyl groups is 1. The van der Waals surface area contributed by atoms with Gasteiger partial charge < -0.3 is 10.4 Å². The van der Waals surface area contributed by atoms with E-state index in [0.717, 1.165) is 18.5 Å². The van der Waals surface area contributed by atoms with Crippen LogP contribution in [0.5, 0.6) is 0 Å². The Morgan fingerprint density at radius 3 is 2.71 bits per heavy atom. The van der Waals surface area contributed by atoms with Gasteiger partial charge in [-0.3, -0.25) is 9.78 Å². The Bertz CT molecular complexity index is 408. The predicted octanol–water partition coefficient (Wildman–Crippen LogP) is 0.874. The molecule has 4 nitrogen and oxygen atoms in total. The Hall–Kier alpha value is -1.70. The summed E-state index contributed by atoms with van der Waals surface area (Å²) in [4.78, 5) is 14.6. The molecule has 17 heavy (non-hydrogen) atoms. The monoisotopic (exact) mass is 252 g/mol. The highest BCUT2D eigenvalue weighted by Gasteiger charge is 2.38. The van der Waals surface area contributed by atoms with Crippen LogP contribution in [-0.2, 0) is 0 Å². The van der Waals surface area contributed by atoms with Crippen molar-refractivity contribution in [2.75, 3.05) is 6.54 Å². The molecule has 0 aliphatic heterocycles. The van der Waals surface area contributed by atoms with E-state index in [9.17, 15) is 22.4 Å². The van der Waals surface area contributed by atoms with Gasteiger partial charge in [0.2, 0.25) is 0 Å². The fourth-order valence-corrected chi connectivity index (χ4v) is 0.960. The van der Waals surface area contributed by atoms with Crippen LogP contribution in [0.15, 0.2) is 18.5 Å². The van der Waals surface area contributed by atoms with Gasteiger partial charge in [0.05, 0.1) is 18.3 Å². The molecule has 1 rings (SSSR count). The zero-order chi connectivity index (χ0) is 13.1. The van der Waals surface area contributed by atoms with Crippen molar-refractivity contribution >= 4 is 5.91 Å².